The summed E-state index contributed by atoms with van der Waals surface area (Å²) in [5.74, 6) is 3.37. The highest BCUT2D eigenvalue weighted by molar-refractivity contribution is 7.99. The smallest absolute Gasteiger partial charge is 0.0914 e. The van der Waals surface area contributed by atoms with E-state index >= 15 is 0 Å². The molecule has 1 aliphatic rings. The highest BCUT2D eigenvalue weighted by Crippen LogP contribution is 2.23. The summed E-state index contributed by atoms with van der Waals surface area (Å²) in [4.78, 5) is 0. The van der Waals surface area contributed by atoms with Gasteiger partial charge in [0, 0.05) is 6.54 Å². The molecular formula is C18H23NOS. The zero-order valence-corrected chi connectivity index (χ0v) is 13.1. The number of aliphatic hydroxyl groups excluding tert-OH is 1. The fourth-order valence-electron chi connectivity index (χ4n) is 2.91. The van der Waals surface area contributed by atoms with Crippen LogP contribution in [0.4, 0.5) is 0 Å². The lowest BCUT2D eigenvalue weighted by atomic mass is 10.0. The maximum Gasteiger partial charge on any atom is 0.0914 e. The maximum absolute atomic E-state index is 10.3. The molecule has 0 aliphatic carbocycles. The number of hydrogen-bond donors (Lipinski definition) is 2. The molecule has 21 heavy (non-hydrogen) atoms. The second-order valence-corrected chi connectivity index (χ2v) is 7.06. The molecular weight excluding hydrogens is 278 g/mol. The topological polar surface area (TPSA) is 32.3 Å². The van der Waals surface area contributed by atoms with Gasteiger partial charge in [-0.15, -0.1) is 0 Å². The van der Waals surface area contributed by atoms with Gasteiger partial charge in [0.15, 0.2) is 0 Å². The van der Waals surface area contributed by atoms with Crippen molar-refractivity contribution in [1.29, 1.82) is 0 Å². The van der Waals surface area contributed by atoms with Crippen molar-refractivity contribution in [2.45, 2.75) is 18.9 Å². The summed E-state index contributed by atoms with van der Waals surface area (Å²) in [6, 6.07) is 14.5. The lowest BCUT2D eigenvalue weighted by Gasteiger charge is -2.22. The number of benzene rings is 2. The molecule has 2 aromatic rings. The molecule has 1 saturated heterocycles. The van der Waals surface area contributed by atoms with Gasteiger partial charge in [0.25, 0.3) is 0 Å². The molecule has 1 atom stereocenters. The monoisotopic (exact) mass is 301 g/mol. The van der Waals surface area contributed by atoms with Crippen LogP contribution in [0.15, 0.2) is 42.5 Å². The third-order valence-electron chi connectivity index (χ3n) is 4.27. The molecule has 0 spiro atoms. The average Bonchev–Trinajstić information content (AvgIpc) is 2.55. The number of thioether (sulfide) groups is 1. The van der Waals surface area contributed by atoms with Gasteiger partial charge in [-0.2, -0.15) is 11.8 Å². The van der Waals surface area contributed by atoms with Crippen LogP contribution in [0.3, 0.4) is 0 Å². The molecule has 1 aliphatic heterocycles. The van der Waals surface area contributed by atoms with Gasteiger partial charge in [0.05, 0.1) is 6.10 Å². The third kappa shape index (κ3) is 4.00. The molecule has 0 bridgehead atoms. The molecule has 0 amide bonds. The predicted octanol–water partition coefficient (Wildman–Crippen LogP) is 3.61. The Bertz CT molecular complexity index is 580. The van der Waals surface area contributed by atoms with E-state index in [4.69, 9.17) is 0 Å². The van der Waals surface area contributed by atoms with Gasteiger partial charge >= 0.3 is 0 Å². The van der Waals surface area contributed by atoms with E-state index in [1.165, 1.54) is 35.1 Å². The standard InChI is InChI=1S/C18H23NOS/c20-18(13-19-12-14-7-9-21-10-8-14)17-6-5-15-3-1-2-4-16(15)11-17/h1-6,11,14,18-20H,7-10,12-13H2. The average molecular weight is 301 g/mol. The Morgan fingerprint density at radius 3 is 2.67 bits per heavy atom. The van der Waals surface area contributed by atoms with Crippen LogP contribution in [0, 0.1) is 5.92 Å². The summed E-state index contributed by atoms with van der Waals surface area (Å²) in [7, 11) is 0. The van der Waals surface area contributed by atoms with E-state index in [-0.39, 0.29) is 0 Å². The van der Waals surface area contributed by atoms with Crippen molar-refractivity contribution in [3.05, 3.63) is 48.0 Å². The van der Waals surface area contributed by atoms with E-state index in [9.17, 15) is 5.11 Å². The van der Waals surface area contributed by atoms with Crippen LogP contribution in [0.5, 0.6) is 0 Å². The molecule has 3 heteroatoms. The largest absolute Gasteiger partial charge is 0.387 e. The summed E-state index contributed by atoms with van der Waals surface area (Å²) < 4.78 is 0. The number of hydrogen-bond acceptors (Lipinski definition) is 3. The summed E-state index contributed by atoms with van der Waals surface area (Å²) in [5.41, 5.74) is 1.00. The fourth-order valence-corrected chi connectivity index (χ4v) is 4.11. The summed E-state index contributed by atoms with van der Waals surface area (Å²) in [6.07, 6.45) is 2.19. The Hall–Kier alpha value is -1.03. The SMILES string of the molecule is OC(CNCC1CCSCC1)c1ccc2ccccc2c1. The van der Waals surface area contributed by atoms with Crippen LogP contribution in [0.25, 0.3) is 10.8 Å². The highest BCUT2D eigenvalue weighted by Gasteiger charge is 2.14. The summed E-state index contributed by atoms with van der Waals surface area (Å²) >= 11 is 2.06. The molecule has 112 valence electrons. The molecule has 3 rings (SSSR count). The van der Waals surface area contributed by atoms with E-state index in [2.05, 4.69) is 41.3 Å². The van der Waals surface area contributed by atoms with Crippen LogP contribution in [0.1, 0.15) is 24.5 Å². The van der Waals surface area contributed by atoms with Crippen LogP contribution in [0.2, 0.25) is 0 Å². The Balaban J connectivity index is 1.54. The molecule has 2 nitrogen and oxygen atoms in total. The van der Waals surface area contributed by atoms with Gasteiger partial charge in [-0.05, 0) is 59.2 Å². The number of rotatable bonds is 5. The van der Waals surface area contributed by atoms with E-state index in [0.29, 0.717) is 6.54 Å². The first-order chi connectivity index (χ1) is 10.3. The minimum Gasteiger partial charge on any atom is -0.387 e. The van der Waals surface area contributed by atoms with E-state index < -0.39 is 6.10 Å². The normalized spacial score (nSPS) is 18.0. The fraction of sp³-hybridized carbons (Fsp3) is 0.444. The van der Waals surface area contributed by atoms with E-state index in [1.54, 1.807) is 0 Å². The first kappa shape index (κ1) is 14.9. The Morgan fingerprint density at radius 2 is 1.86 bits per heavy atom. The number of aliphatic hydroxyl groups is 1. The minimum atomic E-state index is -0.424. The second kappa shape index (κ2) is 7.30. The zero-order chi connectivity index (χ0) is 14.5. The van der Waals surface area contributed by atoms with Crippen molar-refractivity contribution in [2.24, 2.45) is 5.92 Å². The van der Waals surface area contributed by atoms with Gasteiger partial charge < -0.3 is 10.4 Å². The van der Waals surface area contributed by atoms with Crippen molar-refractivity contribution in [3.8, 4) is 0 Å². The van der Waals surface area contributed by atoms with Gasteiger partial charge in [-0.1, -0.05) is 36.4 Å². The van der Waals surface area contributed by atoms with E-state index in [1.807, 2.05) is 18.2 Å². The molecule has 1 heterocycles. The summed E-state index contributed by atoms with van der Waals surface area (Å²) in [6.45, 7) is 1.67. The summed E-state index contributed by atoms with van der Waals surface area (Å²) in [5, 5.41) is 16.2. The van der Waals surface area contributed by atoms with Crippen LogP contribution >= 0.6 is 11.8 Å². The number of fused-ring (bicyclic) bond motifs is 1. The Kier molecular flexibility index (Phi) is 5.17. The first-order valence-electron chi connectivity index (χ1n) is 7.78. The first-order valence-corrected chi connectivity index (χ1v) is 8.93. The van der Waals surface area contributed by atoms with Crippen LogP contribution in [-0.2, 0) is 0 Å². The van der Waals surface area contributed by atoms with Crippen molar-refractivity contribution in [2.75, 3.05) is 24.6 Å². The third-order valence-corrected chi connectivity index (χ3v) is 5.32. The predicted molar refractivity (Wildman–Crippen MR) is 91.8 cm³/mol. The lowest BCUT2D eigenvalue weighted by Crippen LogP contribution is -2.29. The van der Waals surface area contributed by atoms with Crippen molar-refractivity contribution in [3.63, 3.8) is 0 Å². The van der Waals surface area contributed by atoms with Gasteiger partial charge in [0.1, 0.15) is 0 Å². The molecule has 0 aromatic heterocycles. The van der Waals surface area contributed by atoms with Crippen LogP contribution < -0.4 is 5.32 Å². The molecule has 2 N–H and O–H groups in total. The van der Waals surface area contributed by atoms with Crippen LogP contribution in [-0.4, -0.2) is 29.7 Å². The van der Waals surface area contributed by atoms with Crippen molar-refractivity contribution >= 4 is 22.5 Å². The lowest BCUT2D eigenvalue weighted by molar-refractivity contribution is 0.172. The molecule has 1 unspecified atom stereocenters. The zero-order valence-electron chi connectivity index (χ0n) is 12.3. The quantitative estimate of drug-likeness (QED) is 0.885. The molecule has 0 radical (unpaired) electrons. The van der Waals surface area contributed by atoms with Crippen molar-refractivity contribution in [1.82, 2.24) is 5.32 Å². The second-order valence-electron chi connectivity index (χ2n) is 5.84. The van der Waals surface area contributed by atoms with E-state index in [0.717, 1.165) is 18.0 Å². The molecule has 0 saturated carbocycles. The van der Waals surface area contributed by atoms with Crippen molar-refractivity contribution < 1.29 is 5.11 Å². The van der Waals surface area contributed by atoms with Gasteiger partial charge in [-0.25, -0.2) is 0 Å². The number of nitrogens with one attached hydrogen (secondary N) is 1. The molecule has 1 fully saturated rings. The molecule has 2 aromatic carbocycles. The minimum absolute atomic E-state index is 0.424. The Morgan fingerprint density at radius 1 is 1.10 bits per heavy atom. The highest BCUT2D eigenvalue weighted by atomic mass is 32.2. The van der Waals surface area contributed by atoms with Gasteiger partial charge in [-0.3, -0.25) is 0 Å². The maximum atomic E-state index is 10.3. The Labute approximate surface area is 130 Å². The van der Waals surface area contributed by atoms with Gasteiger partial charge in [0.2, 0.25) is 0 Å².